The fourth-order valence-corrected chi connectivity index (χ4v) is 9.53. The number of rotatable bonds is 4. The van der Waals surface area contributed by atoms with Crippen molar-refractivity contribution >= 4 is 10.1 Å². The van der Waals surface area contributed by atoms with Crippen LogP contribution < -0.4 is 0 Å². The zero-order valence-corrected chi connectivity index (χ0v) is 21.1. The molecule has 0 heterocycles. The van der Waals surface area contributed by atoms with E-state index in [9.17, 15) is 8.42 Å². The second-order valence-electron chi connectivity index (χ2n) is 11.7. The van der Waals surface area contributed by atoms with Crippen molar-refractivity contribution in [1.29, 1.82) is 0 Å². The first-order chi connectivity index (χ1) is 15.2. The van der Waals surface area contributed by atoms with Crippen LogP contribution in [0.25, 0.3) is 0 Å². The minimum absolute atomic E-state index is 0.224. The van der Waals surface area contributed by atoms with E-state index in [1.165, 1.54) is 44.1 Å². The third-order valence-electron chi connectivity index (χ3n) is 10.3. The summed E-state index contributed by atoms with van der Waals surface area (Å²) in [4.78, 5) is 0.271. The van der Waals surface area contributed by atoms with Gasteiger partial charge in [0.25, 0.3) is 10.1 Å². The SMILES string of the molecule is CC[C@H]1CC[C@H]2[C@@H]3CC=C4C[C@@H](OS(=O)(=O)c5ccc(C)cc5)CC[C@]4(C)[C@H]3CC[C@]12C. The molecule has 0 aliphatic heterocycles. The van der Waals surface area contributed by atoms with Crippen LogP contribution in [0.5, 0.6) is 0 Å². The van der Waals surface area contributed by atoms with E-state index in [4.69, 9.17) is 4.18 Å². The van der Waals surface area contributed by atoms with Gasteiger partial charge in [-0.25, -0.2) is 0 Å². The maximum Gasteiger partial charge on any atom is 0.297 e. The molecule has 0 unspecified atom stereocenters. The summed E-state index contributed by atoms with van der Waals surface area (Å²) in [5.74, 6) is 3.35. The van der Waals surface area contributed by atoms with Crippen LogP contribution >= 0.6 is 0 Å². The van der Waals surface area contributed by atoms with E-state index in [1.807, 2.05) is 19.1 Å². The van der Waals surface area contributed by atoms with E-state index in [-0.39, 0.29) is 16.4 Å². The summed E-state index contributed by atoms with van der Waals surface area (Å²) >= 11 is 0. The van der Waals surface area contributed by atoms with Crippen LogP contribution in [0.4, 0.5) is 0 Å². The molecule has 5 rings (SSSR count). The van der Waals surface area contributed by atoms with Crippen molar-refractivity contribution in [3.05, 3.63) is 41.5 Å². The maximum absolute atomic E-state index is 12.9. The number of hydrogen-bond donors (Lipinski definition) is 0. The van der Waals surface area contributed by atoms with Gasteiger partial charge >= 0.3 is 0 Å². The Kier molecular flexibility index (Phi) is 5.65. The number of benzene rings is 1. The van der Waals surface area contributed by atoms with Crippen molar-refractivity contribution in [1.82, 2.24) is 0 Å². The van der Waals surface area contributed by atoms with Crippen molar-refractivity contribution in [2.24, 2.45) is 34.5 Å². The Hall–Kier alpha value is -1.13. The van der Waals surface area contributed by atoms with Crippen molar-refractivity contribution in [3.8, 4) is 0 Å². The van der Waals surface area contributed by atoms with Crippen molar-refractivity contribution in [3.63, 3.8) is 0 Å². The summed E-state index contributed by atoms with van der Waals surface area (Å²) in [6.45, 7) is 9.42. The van der Waals surface area contributed by atoms with E-state index in [2.05, 4.69) is 26.8 Å². The third-order valence-corrected chi connectivity index (χ3v) is 11.7. The maximum atomic E-state index is 12.9. The first-order valence-electron chi connectivity index (χ1n) is 12.9. The van der Waals surface area contributed by atoms with Gasteiger partial charge in [-0.1, -0.05) is 56.5 Å². The topological polar surface area (TPSA) is 43.4 Å². The number of hydrogen-bond acceptors (Lipinski definition) is 3. The Morgan fingerprint density at radius 1 is 1.00 bits per heavy atom. The number of allylic oxidation sites excluding steroid dienone is 1. The summed E-state index contributed by atoms with van der Waals surface area (Å²) in [5.41, 5.74) is 3.29. The molecule has 3 saturated carbocycles. The second kappa shape index (κ2) is 7.98. The molecule has 7 atom stereocenters. The van der Waals surface area contributed by atoms with E-state index in [1.54, 1.807) is 12.1 Å². The van der Waals surface area contributed by atoms with Gasteiger partial charge in [0, 0.05) is 0 Å². The monoisotopic (exact) mass is 456 g/mol. The number of fused-ring (bicyclic) bond motifs is 5. The van der Waals surface area contributed by atoms with Gasteiger partial charge in [-0.15, -0.1) is 0 Å². The third kappa shape index (κ3) is 3.52. The van der Waals surface area contributed by atoms with Gasteiger partial charge in [0.2, 0.25) is 0 Å². The summed E-state index contributed by atoms with van der Waals surface area (Å²) in [6, 6.07) is 6.99. The highest BCUT2D eigenvalue weighted by Crippen LogP contribution is 2.66. The molecule has 4 heteroatoms. The largest absolute Gasteiger partial charge is 0.297 e. The van der Waals surface area contributed by atoms with Crippen LogP contribution in [-0.4, -0.2) is 14.5 Å². The Morgan fingerprint density at radius 3 is 2.47 bits per heavy atom. The minimum atomic E-state index is -3.71. The van der Waals surface area contributed by atoms with Gasteiger partial charge < -0.3 is 0 Å². The molecular formula is C28H40O3S. The zero-order chi connectivity index (χ0) is 22.7. The summed E-state index contributed by atoms with van der Waals surface area (Å²) < 4.78 is 31.5. The molecule has 0 radical (unpaired) electrons. The molecule has 4 aliphatic carbocycles. The zero-order valence-electron chi connectivity index (χ0n) is 20.3. The predicted octanol–water partition coefficient (Wildman–Crippen LogP) is 7.06. The lowest BCUT2D eigenvalue weighted by Crippen LogP contribution is -2.50. The highest BCUT2D eigenvalue weighted by molar-refractivity contribution is 7.86. The van der Waals surface area contributed by atoms with Gasteiger partial charge in [0.05, 0.1) is 11.0 Å². The molecule has 0 amide bonds. The normalized spacial score (nSPS) is 41.4. The summed E-state index contributed by atoms with van der Waals surface area (Å²) in [7, 11) is -3.71. The molecule has 32 heavy (non-hydrogen) atoms. The molecule has 1 aromatic rings. The molecule has 0 spiro atoms. The lowest BCUT2D eigenvalue weighted by molar-refractivity contribution is -0.0481. The first kappa shape index (κ1) is 22.7. The van der Waals surface area contributed by atoms with Gasteiger partial charge in [-0.2, -0.15) is 8.42 Å². The van der Waals surface area contributed by atoms with Crippen LogP contribution in [0.1, 0.15) is 84.1 Å². The Morgan fingerprint density at radius 2 is 1.75 bits per heavy atom. The van der Waals surface area contributed by atoms with Gasteiger partial charge in [-0.3, -0.25) is 4.18 Å². The number of aryl methyl sites for hydroxylation is 1. The first-order valence-corrected chi connectivity index (χ1v) is 14.3. The fourth-order valence-electron chi connectivity index (χ4n) is 8.43. The molecule has 0 N–H and O–H groups in total. The smallest absolute Gasteiger partial charge is 0.263 e. The van der Waals surface area contributed by atoms with Crippen LogP contribution in [0, 0.1) is 41.4 Å². The van der Waals surface area contributed by atoms with Crippen molar-refractivity contribution in [2.75, 3.05) is 0 Å². The molecule has 176 valence electrons. The lowest BCUT2D eigenvalue weighted by atomic mass is 9.47. The quantitative estimate of drug-likeness (QED) is 0.360. The highest BCUT2D eigenvalue weighted by Gasteiger charge is 2.58. The average molecular weight is 457 g/mol. The molecule has 0 bridgehead atoms. The van der Waals surface area contributed by atoms with E-state index in [0.717, 1.165) is 48.5 Å². The van der Waals surface area contributed by atoms with Gasteiger partial charge in [-0.05, 0) is 105 Å². The second-order valence-corrected chi connectivity index (χ2v) is 13.3. The Balaban J connectivity index is 1.33. The summed E-state index contributed by atoms with van der Waals surface area (Å²) in [6.07, 6.45) is 13.0. The van der Waals surface area contributed by atoms with Crippen molar-refractivity contribution in [2.45, 2.75) is 96.5 Å². The molecule has 0 aromatic heterocycles. The standard InChI is InChI=1S/C28H40O3S/c1-5-20-9-13-25-24-12-8-21-18-22(31-32(29,30)23-10-6-19(2)7-11-23)14-16-28(21,4)26(24)15-17-27(20,25)3/h6-8,10-11,20,22,24-26H,5,9,12-18H2,1-4H3/t20-,22-,24-,25-,26-,27+,28-/m0/s1. The van der Waals surface area contributed by atoms with E-state index >= 15 is 0 Å². The van der Waals surface area contributed by atoms with Crippen LogP contribution in [0.15, 0.2) is 40.8 Å². The molecule has 3 fully saturated rings. The minimum Gasteiger partial charge on any atom is -0.263 e. The van der Waals surface area contributed by atoms with Crippen LogP contribution in [0.3, 0.4) is 0 Å². The molecule has 3 nitrogen and oxygen atoms in total. The Labute approximate surface area is 195 Å². The highest BCUT2D eigenvalue weighted by atomic mass is 32.2. The average Bonchev–Trinajstić information content (AvgIpc) is 3.10. The lowest BCUT2D eigenvalue weighted by Gasteiger charge is -2.58. The van der Waals surface area contributed by atoms with Crippen LogP contribution in [0.2, 0.25) is 0 Å². The van der Waals surface area contributed by atoms with Crippen LogP contribution in [-0.2, 0) is 14.3 Å². The summed E-state index contributed by atoms with van der Waals surface area (Å²) in [5, 5.41) is 0. The molecule has 4 aliphatic rings. The van der Waals surface area contributed by atoms with Crippen molar-refractivity contribution < 1.29 is 12.6 Å². The Bertz CT molecular complexity index is 994. The van der Waals surface area contributed by atoms with Gasteiger partial charge in [0.1, 0.15) is 0 Å². The van der Waals surface area contributed by atoms with Gasteiger partial charge in [0.15, 0.2) is 0 Å². The predicted molar refractivity (Wildman–Crippen MR) is 129 cm³/mol. The van der Waals surface area contributed by atoms with E-state index < -0.39 is 10.1 Å². The molecule has 0 saturated heterocycles. The molecule has 1 aromatic carbocycles. The molecular weight excluding hydrogens is 416 g/mol. The fraction of sp³-hybridized carbons (Fsp3) is 0.714. The van der Waals surface area contributed by atoms with E-state index in [0.29, 0.717) is 5.41 Å².